The maximum Gasteiger partial charge on any atom is 0.127 e. The Balaban J connectivity index is 1.55. The third kappa shape index (κ3) is 3.40. The van der Waals surface area contributed by atoms with Crippen molar-refractivity contribution < 1.29 is 4.74 Å². The van der Waals surface area contributed by atoms with Crippen LogP contribution in [0.1, 0.15) is 24.4 Å². The van der Waals surface area contributed by atoms with E-state index in [0.29, 0.717) is 5.56 Å². The van der Waals surface area contributed by atoms with E-state index in [1.165, 1.54) is 0 Å². The van der Waals surface area contributed by atoms with E-state index in [9.17, 15) is 5.26 Å². The number of hydrogen-bond acceptors (Lipinski definition) is 5. The molecular formula is C24H21N5O. The average molecular weight is 395 g/mol. The fourth-order valence-corrected chi connectivity index (χ4v) is 3.99. The van der Waals surface area contributed by atoms with Gasteiger partial charge in [-0.2, -0.15) is 10.4 Å². The number of ether oxygens (including phenoxy) is 1. The van der Waals surface area contributed by atoms with Crippen LogP contribution in [-0.4, -0.2) is 27.9 Å². The van der Waals surface area contributed by atoms with Gasteiger partial charge in [0, 0.05) is 29.9 Å². The van der Waals surface area contributed by atoms with Gasteiger partial charge in [0.25, 0.3) is 0 Å². The lowest BCUT2D eigenvalue weighted by Gasteiger charge is -2.24. The van der Waals surface area contributed by atoms with Gasteiger partial charge >= 0.3 is 0 Å². The predicted molar refractivity (Wildman–Crippen MR) is 115 cm³/mol. The van der Waals surface area contributed by atoms with E-state index in [0.717, 1.165) is 59.6 Å². The molecule has 148 valence electrons. The molecule has 1 atom stereocenters. The Labute approximate surface area is 174 Å². The lowest BCUT2D eigenvalue weighted by atomic mass is 10.1. The summed E-state index contributed by atoms with van der Waals surface area (Å²) in [4.78, 5) is 4.29. The van der Waals surface area contributed by atoms with Crippen molar-refractivity contribution in [2.45, 2.75) is 18.9 Å². The quantitative estimate of drug-likeness (QED) is 0.543. The summed E-state index contributed by atoms with van der Waals surface area (Å²) in [6.07, 6.45) is 5.57. The molecule has 1 saturated heterocycles. The Morgan fingerprint density at radius 2 is 1.83 bits per heavy atom. The number of pyridine rings is 1. The highest BCUT2D eigenvalue weighted by atomic mass is 16.5. The third-order valence-electron chi connectivity index (χ3n) is 5.45. The van der Waals surface area contributed by atoms with Crippen LogP contribution >= 0.6 is 0 Å². The zero-order valence-electron chi connectivity index (χ0n) is 16.5. The molecule has 1 fully saturated rings. The van der Waals surface area contributed by atoms with Crippen LogP contribution < -0.4 is 10.1 Å². The van der Waals surface area contributed by atoms with Crippen LogP contribution in [0.5, 0.6) is 11.5 Å². The summed E-state index contributed by atoms with van der Waals surface area (Å²) in [5.74, 6) is 1.56. The first-order valence-corrected chi connectivity index (χ1v) is 10.1. The molecule has 3 heterocycles. The zero-order chi connectivity index (χ0) is 20.3. The molecule has 0 spiro atoms. The van der Waals surface area contributed by atoms with Crippen LogP contribution in [0.3, 0.4) is 0 Å². The van der Waals surface area contributed by atoms with Crippen LogP contribution in [0.2, 0.25) is 0 Å². The molecule has 1 unspecified atom stereocenters. The summed E-state index contributed by atoms with van der Waals surface area (Å²) in [6.45, 7) is 1.88. The normalized spacial score (nSPS) is 16.3. The maximum atomic E-state index is 9.65. The molecule has 30 heavy (non-hydrogen) atoms. The van der Waals surface area contributed by atoms with Gasteiger partial charge in [-0.05, 0) is 55.8 Å². The van der Waals surface area contributed by atoms with Crippen molar-refractivity contribution in [1.29, 1.82) is 5.26 Å². The molecule has 6 heteroatoms. The van der Waals surface area contributed by atoms with Crippen molar-refractivity contribution in [2.75, 3.05) is 13.1 Å². The highest BCUT2D eigenvalue weighted by molar-refractivity contribution is 5.95. The first kappa shape index (κ1) is 18.3. The fourth-order valence-electron chi connectivity index (χ4n) is 3.99. The van der Waals surface area contributed by atoms with Crippen molar-refractivity contribution in [1.82, 2.24) is 20.1 Å². The van der Waals surface area contributed by atoms with Crippen molar-refractivity contribution >= 4 is 10.9 Å². The summed E-state index contributed by atoms with van der Waals surface area (Å²) in [5.41, 5.74) is 3.23. The Morgan fingerprint density at radius 1 is 1.03 bits per heavy atom. The first-order chi connectivity index (χ1) is 14.8. The molecule has 0 bridgehead atoms. The van der Waals surface area contributed by atoms with Crippen LogP contribution in [0.15, 0.2) is 67.0 Å². The molecule has 5 rings (SSSR count). The van der Waals surface area contributed by atoms with Gasteiger partial charge in [0.2, 0.25) is 0 Å². The lowest BCUT2D eigenvalue weighted by molar-refractivity contribution is 0.355. The van der Waals surface area contributed by atoms with E-state index >= 15 is 0 Å². The minimum Gasteiger partial charge on any atom is -0.457 e. The Kier molecular flexibility index (Phi) is 4.88. The van der Waals surface area contributed by atoms with E-state index in [4.69, 9.17) is 9.84 Å². The van der Waals surface area contributed by atoms with Crippen molar-refractivity contribution in [3.63, 3.8) is 0 Å². The molecule has 0 aliphatic carbocycles. The number of para-hydroxylation sites is 1. The number of nitrogens with one attached hydrogen (secondary N) is 1. The van der Waals surface area contributed by atoms with Gasteiger partial charge in [-0.15, -0.1) is 0 Å². The SMILES string of the molecule is N#Cc1cncc2c(-c3ccc(Oc4ccccc4)cc3)nn(C3CCCNC3)c12. The van der Waals surface area contributed by atoms with E-state index in [-0.39, 0.29) is 6.04 Å². The molecule has 0 saturated carbocycles. The van der Waals surface area contributed by atoms with Gasteiger partial charge in [-0.1, -0.05) is 18.2 Å². The van der Waals surface area contributed by atoms with E-state index in [1.807, 2.05) is 59.3 Å². The third-order valence-corrected chi connectivity index (χ3v) is 5.45. The number of nitrogens with zero attached hydrogens (tertiary/aromatic N) is 4. The molecule has 1 aliphatic rings. The number of hydrogen-bond donors (Lipinski definition) is 1. The highest BCUT2D eigenvalue weighted by Crippen LogP contribution is 2.33. The standard InChI is InChI=1S/C24H21N5O/c25-13-18-14-27-16-22-23(28-29(24(18)22)19-5-4-12-26-15-19)17-8-10-21(11-9-17)30-20-6-2-1-3-7-20/h1-3,6-11,14,16,19,26H,4-5,12,15H2. The van der Waals surface area contributed by atoms with Crippen LogP contribution in [0.25, 0.3) is 22.2 Å². The summed E-state index contributed by atoms with van der Waals surface area (Å²) in [5, 5.41) is 18.9. The number of benzene rings is 2. The second kappa shape index (κ2) is 7.97. The molecule has 1 N–H and O–H groups in total. The van der Waals surface area contributed by atoms with Gasteiger partial charge in [0.1, 0.15) is 23.3 Å². The van der Waals surface area contributed by atoms with Crippen LogP contribution in [0, 0.1) is 11.3 Å². The van der Waals surface area contributed by atoms with E-state index in [2.05, 4.69) is 16.4 Å². The van der Waals surface area contributed by atoms with Gasteiger partial charge in [0.05, 0.1) is 17.1 Å². The molecule has 1 aliphatic heterocycles. The molecule has 4 aromatic rings. The Morgan fingerprint density at radius 3 is 2.57 bits per heavy atom. The highest BCUT2D eigenvalue weighted by Gasteiger charge is 2.23. The van der Waals surface area contributed by atoms with Gasteiger partial charge < -0.3 is 10.1 Å². The lowest BCUT2D eigenvalue weighted by Crippen LogP contribution is -2.32. The number of fused-ring (bicyclic) bond motifs is 1. The van der Waals surface area contributed by atoms with Crippen LogP contribution in [-0.2, 0) is 0 Å². The molecular weight excluding hydrogens is 374 g/mol. The summed E-state index contributed by atoms with van der Waals surface area (Å²) >= 11 is 0. The maximum absolute atomic E-state index is 9.65. The van der Waals surface area contributed by atoms with Crippen molar-refractivity contribution in [2.24, 2.45) is 0 Å². The topological polar surface area (TPSA) is 75.8 Å². The largest absolute Gasteiger partial charge is 0.457 e. The second-order valence-electron chi connectivity index (χ2n) is 7.43. The van der Waals surface area contributed by atoms with E-state index < -0.39 is 0 Å². The molecule has 6 nitrogen and oxygen atoms in total. The summed E-state index contributed by atoms with van der Waals surface area (Å²) < 4.78 is 7.92. The number of piperidine rings is 1. The summed E-state index contributed by atoms with van der Waals surface area (Å²) in [6, 6.07) is 20.1. The second-order valence-corrected chi connectivity index (χ2v) is 7.43. The Bertz CT molecular complexity index is 1200. The number of nitriles is 1. The molecule has 2 aromatic carbocycles. The Hall–Kier alpha value is -3.69. The zero-order valence-corrected chi connectivity index (χ0v) is 16.5. The van der Waals surface area contributed by atoms with Gasteiger partial charge in [0.15, 0.2) is 0 Å². The van der Waals surface area contributed by atoms with Gasteiger partial charge in [-0.3, -0.25) is 9.67 Å². The van der Waals surface area contributed by atoms with Crippen molar-refractivity contribution in [3.05, 3.63) is 72.6 Å². The minimum atomic E-state index is 0.227. The minimum absolute atomic E-state index is 0.227. The van der Waals surface area contributed by atoms with Gasteiger partial charge in [-0.25, -0.2) is 0 Å². The number of aromatic nitrogens is 3. The molecule has 0 amide bonds. The summed E-state index contributed by atoms with van der Waals surface area (Å²) in [7, 11) is 0. The van der Waals surface area contributed by atoms with Crippen molar-refractivity contribution in [3.8, 4) is 28.8 Å². The molecule has 0 radical (unpaired) electrons. The average Bonchev–Trinajstić information content (AvgIpc) is 3.21. The first-order valence-electron chi connectivity index (χ1n) is 10.1. The smallest absolute Gasteiger partial charge is 0.127 e. The monoisotopic (exact) mass is 395 g/mol. The number of rotatable bonds is 4. The van der Waals surface area contributed by atoms with Crippen LogP contribution in [0.4, 0.5) is 0 Å². The predicted octanol–water partition coefficient (Wildman–Crippen LogP) is 4.69. The fraction of sp³-hybridized carbons (Fsp3) is 0.208. The van der Waals surface area contributed by atoms with E-state index in [1.54, 1.807) is 12.4 Å². The molecule has 2 aromatic heterocycles.